The number of ether oxygens (including phenoxy) is 4. The van der Waals surface area contributed by atoms with Crippen LogP contribution in [0.4, 0.5) is 0 Å². The van der Waals surface area contributed by atoms with E-state index in [1.807, 2.05) is 0 Å². The first-order chi connectivity index (χ1) is 12.5. The number of hydrogen-bond donors (Lipinski definition) is 0. The van der Waals surface area contributed by atoms with Crippen molar-refractivity contribution in [3.05, 3.63) is 59.7 Å². The first-order valence-corrected chi connectivity index (χ1v) is 7.74. The van der Waals surface area contributed by atoms with Crippen molar-refractivity contribution in [2.75, 3.05) is 28.4 Å². The molecule has 0 saturated carbocycles. The minimum atomic E-state index is -0.379. The van der Waals surface area contributed by atoms with Gasteiger partial charge in [0.2, 0.25) is 0 Å². The van der Waals surface area contributed by atoms with Crippen LogP contribution in [-0.4, -0.2) is 40.0 Å². The van der Waals surface area contributed by atoms with Gasteiger partial charge in [-0.25, -0.2) is 0 Å². The Morgan fingerprint density at radius 2 is 1.04 bits per heavy atom. The maximum atomic E-state index is 12.5. The lowest BCUT2D eigenvalue weighted by molar-refractivity contribution is 0.101. The molecule has 0 radical (unpaired) electrons. The van der Waals surface area contributed by atoms with Crippen LogP contribution in [0.5, 0.6) is 23.0 Å². The molecule has 0 saturated heterocycles. The molecule has 0 aliphatic rings. The van der Waals surface area contributed by atoms with Gasteiger partial charge < -0.3 is 18.9 Å². The summed E-state index contributed by atoms with van der Waals surface area (Å²) in [5.41, 5.74) is 0.599. The van der Waals surface area contributed by atoms with Crippen molar-refractivity contribution in [3.8, 4) is 23.0 Å². The molecule has 26 heavy (non-hydrogen) atoms. The molecule has 0 bridgehead atoms. The van der Waals surface area contributed by atoms with E-state index in [0.717, 1.165) is 0 Å². The minimum Gasteiger partial charge on any atom is -0.497 e. The standard InChI is InChI=1S/C20H20O6/c1-23-13-5-9-19(25-3)15(11-13)17(21)7-8-18(22)16-12-14(24-2)6-10-20(16)26-4/h5-12H,1-4H3/b8-7+. The minimum absolute atomic E-state index is 0.300. The molecule has 2 aromatic carbocycles. The highest BCUT2D eigenvalue weighted by molar-refractivity contribution is 6.13. The van der Waals surface area contributed by atoms with E-state index < -0.39 is 0 Å². The van der Waals surface area contributed by atoms with E-state index in [4.69, 9.17) is 18.9 Å². The Bertz CT molecular complexity index is 769. The van der Waals surface area contributed by atoms with Crippen LogP contribution in [0.1, 0.15) is 20.7 Å². The van der Waals surface area contributed by atoms with Gasteiger partial charge >= 0.3 is 0 Å². The molecule has 0 amide bonds. The Labute approximate surface area is 151 Å². The molecule has 0 atom stereocenters. The van der Waals surface area contributed by atoms with Crippen molar-refractivity contribution >= 4 is 11.6 Å². The molecule has 2 rings (SSSR count). The molecule has 0 aromatic heterocycles. The van der Waals surface area contributed by atoms with Gasteiger partial charge in [0.05, 0.1) is 39.6 Å². The third-order valence-electron chi connectivity index (χ3n) is 3.73. The number of carbonyl (C=O) groups is 2. The third kappa shape index (κ3) is 4.22. The SMILES string of the molecule is COc1ccc(OC)c(C(=O)/C=C/C(=O)c2cc(OC)ccc2OC)c1. The number of carbonyl (C=O) groups excluding carboxylic acids is 2. The number of benzene rings is 2. The fraction of sp³-hybridized carbons (Fsp3) is 0.200. The number of rotatable bonds is 8. The van der Waals surface area contributed by atoms with Crippen molar-refractivity contribution in [1.82, 2.24) is 0 Å². The number of allylic oxidation sites excluding steroid dienone is 2. The molecule has 0 spiro atoms. The second kappa shape index (κ2) is 8.71. The lowest BCUT2D eigenvalue weighted by Crippen LogP contribution is -2.03. The van der Waals surface area contributed by atoms with E-state index in [0.29, 0.717) is 34.1 Å². The monoisotopic (exact) mass is 356 g/mol. The van der Waals surface area contributed by atoms with E-state index in [1.165, 1.54) is 40.6 Å². The molecular weight excluding hydrogens is 336 g/mol. The Morgan fingerprint density at radius 3 is 1.35 bits per heavy atom. The molecule has 2 aromatic rings. The van der Waals surface area contributed by atoms with E-state index in [2.05, 4.69) is 0 Å². The van der Waals surface area contributed by atoms with Gasteiger partial charge in [-0.1, -0.05) is 0 Å². The Kier molecular flexibility index (Phi) is 6.38. The largest absolute Gasteiger partial charge is 0.497 e. The predicted octanol–water partition coefficient (Wildman–Crippen LogP) is 3.34. The van der Waals surface area contributed by atoms with Gasteiger partial charge in [-0.2, -0.15) is 0 Å². The fourth-order valence-electron chi connectivity index (χ4n) is 2.34. The van der Waals surface area contributed by atoms with Crippen LogP contribution in [0.3, 0.4) is 0 Å². The summed E-state index contributed by atoms with van der Waals surface area (Å²) in [6, 6.07) is 9.75. The van der Waals surface area contributed by atoms with Crippen molar-refractivity contribution in [2.24, 2.45) is 0 Å². The van der Waals surface area contributed by atoms with Gasteiger partial charge in [0.1, 0.15) is 23.0 Å². The van der Waals surface area contributed by atoms with Crippen LogP contribution in [0.25, 0.3) is 0 Å². The van der Waals surface area contributed by atoms with Crippen LogP contribution >= 0.6 is 0 Å². The molecule has 0 heterocycles. The molecule has 0 fully saturated rings. The first kappa shape index (κ1) is 19.1. The van der Waals surface area contributed by atoms with Gasteiger partial charge in [0.15, 0.2) is 11.6 Å². The zero-order valence-corrected chi connectivity index (χ0v) is 15.1. The summed E-state index contributed by atoms with van der Waals surface area (Å²) in [6.45, 7) is 0. The highest BCUT2D eigenvalue weighted by Crippen LogP contribution is 2.26. The van der Waals surface area contributed by atoms with E-state index >= 15 is 0 Å². The van der Waals surface area contributed by atoms with Crippen molar-refractivity contribution in [1.29, 1.82) is 0 Å². The summed E-state index contributed by atoms with van der Waals surface area (Å²) >= 11 is 0. The highest BCUT2D eigenvalue weighted by atomic mass is 16.5. The van der Waals surface area contributed by atoms with Crippen LogP contribution in [0.2, 0.25) is 0 Å². The van der Waals surface area contributed by atoms with Crippen molar-refractivity contribution in [3.63, 3.8) is 0 Å². The zero-order chi connectivity index (χ0) is 19.1. The maximum Gasteiger partial charge on any atom is 0.189 e. The smallest absolute Gasteiger partial charge is 0.189 e. The van der Waals surface area contributed by atoms with Gasteiger partial charge in [-0.05, 0) is 48.6 Å². The Hall–Kier alpha value is -3.28. The van der Waals surface area contributed by atoms with Gasteiger partial charge in [-0.3, -0.25) is 9.59 Å². The quantitative estimate of drug-likeness (QED) is 0.534. The Balaban J connectivity index is 2.30. The van der Waals surface area contributed by atoms with Crippen LogP contribution in [0, 0.1) is 0 Å². The summed E-state index contributed by atoms with van der Waals surface area (Å²) in [5, 5.41) is 0. The molecule has 6 heteroatoms. The van der Waals surface area contributed by atoms with E-state index in [1.54, 1.807) is 36.4 Å². The predicted molar refractivity (Wildman–Crippen MR) is 96.9 cm³/mol. The average Bonchev–Trinajstić information content (AvgIpc) is 2.70. The van der Waals surface area contributed by atoms with Crippen LogP contribution in [-0.2, 0) is 0 Å². The topological polar surface area (TPSA) is 71.1 Å². The lowest BCUT2D eigenvalue weighted by Gasteiger charge is -2.08. The fourth-order valence-corrected chi connectivity index (χ4v) is 2.34. The molecule has 0 aliphatic carbocycles. The summed E-state index contributed by atoms with van der Waals surface area (Å²) in [5.74, 6) is 1.07. The summed E-state index contributed by atoms with van der Waals surface area (Å²) < 4.78 is 20.6. The van der Waals surface area contributed by atoms with Gasteiger partial charge in [0, 0.05) is 0 Å². The number of ketones is 2. The maximum absolute atomic E-state index is 12.5. The summed E-state index contributed by atoms with van der Waals surface area (Å²) in [7, 11) is 5.94. The van der Waals surface area contributed by atoms with E-state index in [9.17, 15) is 9.59 Å². The molecule has 0 N–H and O–H groups in total. The second-order valence-electron chi connectivity index (χ2n) is 5.19. The molecule has 6 nitrogen and oxygen atoms in total. The van der Waals surface area contributed by atoms with Gasteiger partial charge in [-0.15, -0.1) is 0 Å². The van der Waals surface area contributed by atoms with Gasteiger partial charge in [0.25, 0.3) is 0 Å². The van der Waals surface area contributed by atoms with Crippen molar-refractivity contribution < 1.29 is 28.5 Å². The molecule has 0 aliphatic heterocycles. The van der Waals surface area contributed by atoms with Crippen LogP contribution < -0.4 is 18.9 Å². The van der Waals surface area contributed by atoms with E-state index in [-0.39, 0.29) is 11.6 Å². The normalized spacial score (nSPS) is 10.5. The summed E-state index contributed by atoms with van der Waals surface area (Å²) in [4.78, 5) is 25.0. The highest BCUT2D eigenvalue weighted by Gasteiger charge is 2.14. The van der Waals surface area contributed by atoms with Crippen LogP contribution in [0.15, 0.2) is 48.6 Å². The zero-order valence-electron chi connectivity index (χ0n) is 15.1. The summed E-state index contributed by atoms with van der Waals surface area (Å²) in [6.07, 6.45) is 2.39. The molecular formula is C20H20O6. The first-order valence-electron chi connectivity index (χ1n) is 7.74. The molecule has 0 unspecified atom stereocenters. The average molecular weight is 356 g/mol. The second-order valence-corrected chi connectivity index (χ2v) is 5.19. The Morgan fingerprint density at radius 1 is 0.654 bits per heavy atom. The number of hydrogen-bond acceptors (Lipinski definition) is 6. The number of methoxy groups -OCH3 is 4. The van der Waals surface area contributed by atoms with Crippen molar-refractivity contribution in [2.45, 2.75) is 0 Å². The lowest BCUT2D eigenvalue weighted by atomic mass is 10.1. The molecule has 136 valence electrons. The third-order valence-corrected chi connectivity index (χ3v) is 3.73.